The van der Waals surface area contributed by atoms with Gasteiger partial charge in [-0.2, -0.15) is 0 Å². The van der Waals surface area contributed by atoms with Crippen LogP contribution in [-0.2, 0) is 13.5 Å². The highest BCUT2D eigenvalue weighted by Gasteiger charge is 2.32. The fourth-order valence-corrected chi connectivity index (χ4v) is 2.46. The molecule has 2 N–H and O–H groups in total. The largest absolute Gasteiger partial charge is 0.393 e. The van der Waals surface area contributed by atoms with Crippen LogP contribution in [-0.4, -0.2) is 9.36 Å². The van der Waals surface area contributed by atoms with E-state index in [2.05, 4.69) is 13.8 Å². The van der Waals surface area contributed by atoms with E-state index in [-0.39, 0.29) is 11.6 Å². The van der Waals surface area contributed by atoms with Crippen LogP contribution in [0.4, 0.5) is 5.69 Å². The third kappa shape index (κ3) is 1.66. The van der Waals surface area contributed by atoms with E-state index < -0.39 is 0 Å². The lowest BCUT2D eigenvalue weighted by molar-refractivity contribution is 0.369. The molecule has 4 heteroatoms. The van der Waals surface area contributed by atoms with Crippen molar-refractivity contribution in [2.24, 2.45) is 13.0 Å². The molecule has 1 aromatic rings. The van der Waals surface area contributed by atoms with Gasteiger partial charge in [-0.25, -0.2) is 4.68 Å². The van der Waals surface area contributed by atoms with Crippen molar-refractivity contribution in [3.63, 3.8) is 0 Å². The second-order valence-electron chi connectivity index (χ2n) is 4.86. The minimum Gasteiger partial charge on any atom is -0.393 e. The third-order valence-corrected chi connectivity index (χ3v) is 3.64. The molecule has 0 saturated heterocycles. The van der Waals surface area contributed by atoms with Gasteiger partial charge < -0.3 is 5.73 Å². The molecule has 16 heavy (non-hydrogen) atoms. The zero-order chi connectivity index (χ0) is 11.9. The van der Waals surface area contributed by atoms with E-state index in [4.69, 9.17) is 5.73 Å². The van der Waals surface area contributed by atoms with Gasteiger partial charge in [0.2, 0.25) is 0 Å². The molecule has 0 spiro atoms. The van der Waals surface area contributed by atoms with Gasteiger partial charge in [-0.1, -0.05) is 13.3 Å². The van der Waals surface area contributed by atoms with Crippen molar-refractivity contribution < 1.29 is 0 Å². The maximum Gasteiger partial charge on any atom is 0.290 e. The fraction of sp³-hybridized carbons (Fsp3) is 0.750. The molecule has 1 fully saturated rings. The van der Waals surface area contributed by atoms with Crippen molar-refractivity contribution >= 4 is 5.69 Å². The first-order chi connectivity index (χ1) is 7.57. The second kappa shape index (κ2) is 4.00. The van der Waals surface area contributed by atoms with E-state index >= 15 is 0 Å². The van der Waals surface area contributed by atoms with Crippen LogP contribution in [0.5, 0.6) is 0 Å². The first-order valence-electron chi connectivity index (χ1n) is 6.13. The van der Waals surface area contributed by atoms with Crippen LogP contribution in [0.15, 0.2) is 4.79 Å². The van der Waals surface area contributed by atoms with Crippen molar-refractivity contribution in [3.05, 3.63) is 16.0 Å². The number of nitrogens with two attached hydrogens (primary N) is 1. The number of rotatable bonds is 4. The van der Waals surface area contributed by atoms with Crippen LogP contribution in [0.3, 0.4) is 0 Å². The molecular weight excluding hydrogens is 202 g/mol. The van der Waals surface area contributed by atoms with Gasteiger partial charge in [0.25, 0.3) is 5.56 Å². The van der Waals surface area contributed by atoms with Crippen LogP contribution in [0.2, 0.25) is 0 Å². The molecular formula is C12H21N3O. The summed E-state index contributed by atoms with van der Waals surface area (Å²) in [6, 6.07) is 0.283. The summed E-state index contributed by atoms with van der Waals surface area (Å²) in [5, 5.41) is 0. The standard InChI is InChI=1S/C12H21N3O/c1-4-5-10-11(13)12(16)15(14(10)3)8(2)9-6-7-9/h8-9H,4-7,13H2,1-3H3. The van der Waals surface area contributed by atoms with Gasteiger partial charge in [-0.05, 0) is 32.1 Å². The van der Waals surface area contributed by atoms with Crippen LogP contribution < -0.4 is 11.3 Å². The van der Waals surface area contributed by atoms with Gasteiger partial charge in [-0.15, -0.1) is 0 Å². The fourth-order valence-electron chi connectivity index (χ4n) is 2.46. The quantitative estimate of drug-likeness (QED) is 0.844. The SMILES string of the molecule is CCCc1c(N)c(=O)n(C(C)C2CC2)n1C. The molecule has 1 heterocycles. The first kappa shape index (κ1) is 11.3. The highest BCUT2D eigenvalue weighted by atomic mass is 16.1. The average Bonchev–Trinajstić information content (AvgIpc) is 3.05. The monoisotopic (exact) mass is 223 g/mol. The number of nitrogen functional groups attached to an aromatic ring is 1. The summed E-state index contributed by atoms with van der Waals surface area (Å²) in [4.78, 5) is 12.1. The van der Waals surface area contributed by atoms with Crippen LogP contribution in [0, 0.1) is 5.92 Å². The Bertz CT molecular complexity index is 440. The minimum absolute atomic E-state index is 0.00894. The molecule has 1 aliphatic rings. The van der Waals surface area contributed by atoms with Gasteiger partial charge in [0, 0.05) is 7.05 Å². The lowest BCUT2D eigenvalue weighted by Gasteiger charge is -2.16. The predicted molar refractivity (Wildman–Crippen MR) is 65.5 cm³/mol. The van der Waals surface area contributed by atoms with E-state index in [1.165, 1.54) is 12.8 Å². The van der Waals surface area contributed by atoms with Crippen LogP contribution in [0.1, 0.15) is 44.8 Å². The highest BCUT2D eigenvalue weighted by molar-refractivity contribution is 5.41. The molecule has 1 unspecified atom stereocenters. The van der Waals surface area contributed by atoms with E-state index in [0.29, 0.717) is 11.6 Å². The summed E-state index contributed by atoms with van der Waals surface area (Å²) in [6.07, 6.45) is 4.37. The Morgan fingerprint density at radius 2 is 2.12 bits per heavy atom. The van der Waals surface area contributed by atoms with Gasteiger partial charge in [0.05, 0.1) is 11.7 Å². The summed E-state index contributed by atoms with van der Waals surface area (Å²) in [6.45, 7) is 4.22. The number of nitrogens with zero attached hydrogens (tertiary/aromatic N) is 2. The normalized spacial score (nSPS) is 17.7. The Balaban J connectivity index is 2.44. The topological polar surface area (TPSA) is 53.0 Å². The number of anilines is 1. The predicted octanol–water partition coefficient (Wildman–Crippen LogP) is 1.69. The van der Waals surface area contributed by atoms with E-state index in [1.54, 1.807) is 0 Å². The maximum absolute atomic E-state index is 12.1. The molecule has 0 radical (unpaired) electrons. The van der Waals surface area contributed by atoms with Gasteiger partial charge in [-0.3, -0.25) is 9.48 Å². The van der Waals surface area contributed by atoms with Crippen molar-refractivity contribution in [1.29, 1.82) is 0 Å². The Labute approximate surface area is 96.0 Å². The van der Waals surface area contributed by atoms with Gasteiger partial charge >= 0.3 is 0 Å². The summed E-state index contributed by atoms with van der Waals surface area (Å²) < 4.78 is 3.79. The highest BCUT2D eigenvalue weighted by Crippen LogP contribution is 2.39. The number of hydrogen-bond donors (Lipinski definition) is 1. The number of aromatic nitrogens is 2. The maximum atomic E-state index is 12.1. The smallest absolute Gasteiger partial charge is 0.290 e. The Morgan fingerprint density at radius 3 is 2.62 bits per heavy atom. The molecule has 1 atom stereocenters. The minimum atomic E-state index is -0.00894. The van der Waals surface area contributed by atoms with Crippen molar-refractivity contribution in [1.82, 2.24) is 9.36 Å². The van der Waals surface area contributed by atoms with E-state index in [0.717, 1.165) is 18.5 Å². The summed E-state index contributed by atoms with van der Waals surface area (Å²) in [7, 11) is 1.95. The Hall–Kier alpha value is -1.19. The lowest BCUT2D eigenvalue weighted by Crippen LogP contribution is -2.27. The molecule has 90 valence electrons. The number of hydrogen-bond acceptors (Lipinski definition) is 2. The third-order valence-electron chi connectivity index (χ3n) is 3.64. The Morgan fingerprint density at radius 1 is 1.50 bits per heavy atom. The molecule has 1 saturated carbocycles. The van der Waals surface area contributed by atoms with Crippen LogP contribution >= 0.6 is 0 Å². The summed E-state index contributed by atoms with van der Waals surface area (Å²) in [5.41, 5.74) is 7.31. The zero-order valence-electron chi connectivity index (χ0n) is 10.4. The van der Waals surface area contributed by atoms with Gasteiger partial charge in [0.15, 0.2) is 0 Å². The molecule has 4 nitrogen and oxygen atoms in total. The molecule has 0 aliphatic heterocycles. The summed E-state index contributed by atoms with van der Waals surface area (Å²) >= 11 is 0. The summed E-state index contributed by atoms with van der Waals surface area (Å²) in [5.74, 6) is 0.667. The van der Waals surface area contributed by atoms with E-state index in [9.17, 15) is 4.79 Å². The van der Waals surface area contributed by atoms with Crippen molar-refractivity contribution in [3.8, 4) is 0 Å². The molecule has 0 amide bonds. The zero-order valence-corrected chi connectivity index (χ0v) is 10.4. The molecule has 1 aliphatic carbocycles. The van der Waals surface area contributed by atoms with E-state index in [1.807, 2.05) is 16.4 Å². The molecule has 2 rings (SSSR count). The molecule has 1 aromatic heterocycles. The molecule has 0 bridgehead atoms. The Kier molecular flexibility index (Phi) is 2.82. The lowest BCUT2D eigenvalue weighted by atomic mass is 10.2. The van der Waals surface area contributed by atoms with Crippen LogP contribution in [0.25, 0.3) is 0 Å². The second-order valence-corrected chi connectivity index (χ2v) is 4.86. The molecule has 0 aromatic carbocycles. The average molecular weight is 223 g/mol. The van der Waals surface area contributed by atoms with Crippen molar-refractivity contribution in [2.75, 3.05) is 5.73 Å². The van der Waals surface area contributed by atoms with Crippen molar-refractivity contribution in [2.45, 2.75) is 45.6 Å². The van der Waals surface area contributed by atoms with Gasteiger partial charge in [0.1, 0.15) is 5.69 Å². The first-order valence-corrected chi connectivity index (χ1v) is 6.13.